The van der Waals surface area contributed by atoms with Gasteiger partial charge in [0.05, 0.1) is 20.3 Å². The van der Waals surface area contributed by atoms with Gasteiger partial charge in [0.2, 0.25) is 5.75 Å². The van der Waals surface area contributed by atoms with Crippen molar-refractivity contribution < 1.29 is 44.2 Å². The van der Waals surface area contributed by atoms with Crippen LogP contribution in [-0.2, 0) is 9.47 Å². The smallest absolute Gasteiger partial charge is 0.200 e. The monoisotopic (exact) mass is 358 g/mol. The number of benzene rings is 1. The van der Waals surface area contributed by atoms with Crippen molar-refractivity contribution in [3.05, 3.63) is 17.7 Å². The summed E-state index contributed by atoms with van der Waals surface area (Å²) in [6, 6.07) is 2.64. The van der Waals surface area contributed by atoms with E-state index in [1.165, 1.54) is 33.3 Å². The zero-order valence-electron chi connectivity index (χ0n) is 14.1. The van der Waals surface area contributed by atoms with Crippen molar-refractivity contribution in [3.8, 4) is 17.2 Å². The third-order valence-electron chi connectivity index (χ3n) is 3.99. The molecule has 0 aliphatic carbocycles. The van der Waals surface area contributed by atoms with Gasteiger partial charge in [-0.1, -0.05) is 0 Å². The van der Waals surface area contributed by atoms with Gasteiger partial charge in [0.1, 0.15) is 24.9 Å². The van der Waals surface area contributed by atoms with Crippen molar-refractivity contribution in [2.24, 2.45) is 0 Å². The minimum absolute atomic E-state index is 0.0591. The second kappa shape index (κ2) is 7.98. The van der Waals surface area contributed by atoms with Crippen molar-refractivity contribution in [2.75, 3.05) is 20.8 Å². The normalized spacial score (nSPS) is 29.3. The molecule has 0 spiro atoms. The SMILES string of the molecule is COc1cc(C(=O)CO[C@H]2O[C@@H](C)[C@@H](O)[C@@H](O)[C@@H]2O)cc(OC)c1O. The molecule has 1 aromatic carbocycles. The number of rotatable bonds is 6. The number of Topliss-reactive ketones (excluding diaryl/α,β-unsaturated/α-hetero) is 1. The van der Waals surface area contributed by atoms with Gasteiger partial charge in [-0.25, -0.2) is 0 Å². The summed E-state index contributed by atoms with van der Waals surface area (Å²) in [7, 11) is 2.67. The maximum atomic E-state index is 12.3. The minimum atomic E-state index is -1.50. The van der Waals surface area contributed by atoms with Gasteiger partial charge in [0, 0.05) is 5.56 Å². The van der Waals surface area contributed by atoms with Crippen LogP contribution in [0, 0.1) is 0 Å². The van der Waals surface area contributed by atoms with E-state index in [4.69, 9.17) is 18.9 Å². The van der Waals surface area contributed by atoms with E-state index in [0.717, 1.165) is 0 Å². The van der Waals surface area contributed by atoms with E-state index in [1.54, 1.807) is 0 Å². The first-order valence-corrected chi connectivity index (χ1v) is 7.59. The van der Waals surface area contributed by atoms with Crippen molar-refractivity contribution >= 4 is 5.78 Å². The van der Waals surface area contributed by atoms with E-state index in [-0.39, 0.29) is 22.8 Å². The molecule has 140 valence electrons. The van der Waals surface area contributed by atoms with E-state index >= 15 is 0 Å². The molecular weight excluding hydrogens is 336 g/mol. The summed E-state index contributed by atoms with van der Waals surface area (Å²) in [5.41, 5.74) is 0.158. The Bertz CT molecular complexity index is 593. The average molecular weight is 358 g/mol. The van der Waals surface area contributed by atoms with Crippen LogP contribution in [0.3, 0.4) is 0 Å². The third-order valence-corrected chi connectivity index (χ3v) is 3.99. The summed E-state index contributed by atoms with van der Waals surface area (Å²) in [6.07, 6.45) is -6.23. The molecule has 9 nitrogen and oxygen atoms in total. The first-order valence-electron chi connectivity index (χ1n) is 7.59. The summed E-state index contributed by atoms with van der Waals surface area (Å²) >= 11 is 0. The number of hydrogen-bond acceptors (Lipinski definition) is 9. The van der Waals surface area contributed by atoms with Crippen LogP contribution in [0.1, 0.15) is 17.3 Å². The molecule has 1 fully saturated rings. The number of aromatic hydroxyl groups is 1. The Labute approximate surface area is 144 Å². The second-order valence-electron chi connectivity index (χ2n) is 5.64. The van der Waals surface area contributed by atoms with Crippen LogP contribution in [0.15, 0.2) is 12.1 Å². The largest absolute Gasteiger partial charge is 0.502 e. The molecule has 0 unspecified atom stereocenters. The number of phenols is 1. The molecule has 1 heterocycles. The predicted octanol–water partition coefficient (Wildman–Crippen LogP) is -0.564. The zero-order chi connectivity index (χ0) is 18.7. The van der Waals surface area contributed by atoms with Crippen LogP contribution in [-0.4, -0.2) is 77.7 Å². The summed E-state index contributed by atoms with van der Waals surface area (Å²) < 4.78 is 20.5. The molecule has 1 aromatic rings. The van der Waals surface area contributed by atoms with Gasteiger partial charge in [0.25, 0.3) is 0 Å². The summed E-state index contributed by atoms with van der Waals surface area (Å²) in [5.74, 6) is -0.604. The van der Waals surface area contributed by atoms with Crippen molar-refractivity contribution in [1.29, 1.82) is 0 Å². The van der Waals surface area contributed by atoms with Gasteiger partial charge in [-0.15, -0.1) is 0 Å². The first kappa shape index (κ1) is 19.4. The Balaban J connectivity index is 2.08. The number of carbonyl (C=O) groups is 1. The van der Waals surface area contributed by atoms with E-state index in [2.05, 4.69) is 0 Å². The summed E-state index contributed by atoms with van der Waals surface area (Å²) in [6.45, 7) is 1.04. The standard InChI is InChI=1S/C16H22O9/c1-7-12(18)14(20)15(21)16(25-7)24-6-9(17)8-4-10(22-2)13(19)11(5-8)23-3/h4-5,7,12,14-16,18-21H,6H2,1-3H3/t7-,12+,14+,15-,16-/m0/s1. The number of carbonyl (C=O) groups excluding carboxylic acids is 1. The van der Waals surface area contributed by atoms with E-state index in [1.807, 2.05) is 0 Å². The van der Waals surface area contributed by atoms with Crippen LogP contribution >= 0.6 is 0 Å². The molecule has 4 N–H and O–H groups in total. The fraction of sp³-hybridized carbons (Fsp3) is 0.562. The van der Waals surface area contributed by atoms with E-state index < -0.39 is 43.1 Å². The molecule has 25 heavy (non-hydrogen) atoms. The highest BCUT2D eigenvalue weighted by Gasteiger charge is 2.42. The molecule has 1 aliphatic rings. The Morgan fingerprint density at radius 1 is 1.08 bits per heavy atom. The average Bonchev–Trinajstić information content (AvgIpc) is 2.61. The van der Waals surface area contributed by atoms with Crippen LogP contribution < -0.4 is 9.47 Å². The van der Waals surface area contributed by atoms with Gasteiger partial charge in [-0.05, 0) is 19.1 Å². The van der Waals surface area contributed by atoms with Gasteiger partial charge in [0.15, 0.2) is 23.6 Å². The summed E-state index contributed by atoms with van der Waals surface area (Å²) in [4.78, 5) is 12.3. The van der Waals surface area contributed by atoms with Crippen molar-refractivity contribution in [1.82, 2.24) is 0 Å². The fourth-order valence-electron chi connectivity index (χ4n) is 2.45. The van der Waals surface area contributed by atoms with Crippen LogP contribution in [0.25, 0.3) is 0 Å². The topological polar surface area (TPSA) is 135 Å². The zero-order valence-corrected chi connectivity index (χ0v) is 14.1. The second-order valence-corrected chi connectivity index (χ2v) is 5.64. The Morgan fingerprint density at radius 3 is 2.16 bits per heavy atom. The molecule has 1 saturated heterocycles. The highest BCUT2D eigenvalue weighted by Crippen LogP contribution is 2.37. The molecule has 2 rings (SSSR count). The van der Waals surface area contributed by atoms with Crippen LogP contribution in [0.5, 0.6) is 17.2 Å². The van der Waals surface area contributed by atoms with Gasteiger partial charge in [-0.2, -0.15) is 0 Å². The molecule has 0 radical (unpaired) electrons. The lowest BCUT2D eigenvalue weighted by Crippen LogP contribution is -2.57. The van der Waals surface area contributed by atoms with Crippen LogP contribution in [0.4, 0.5) is 0 Å². The van der Waals surface area contributed by atoms with Crippen LogP contribution in [0.2, 0.25) is 0 Å². The molecule has 0 aromatic heterocycles. The van der Waals surface area contributed by atoms with Gasteiger partial charge in [-0.3, -0.25) is 4.79 Å². The number of hydrogen-bond donors (Lipinski definition) is 4. The Morgan fingerprint density at radius 2 is 1.64 bits per heavy atom. The Hall–Kier alpha value is -1.91. The molecule has 0 bridgehead atoms. The molecular formula is C16H22O9. The van der Waals surface area contributed by atoms with Gasteiger partial charge < -0.3 is 39.4 Å². The molecule has 9 heteroatoms. The molecule has 5 atom stereocenters. The lowest BCUT2D eigenvalue weighted by molar-refractivity contribution is -0.289. The first-order chi connectivity index (χ1) is 11.8. The van der Waals surface area contributed by atoms with E-state index in [9.17, 15) is 25.2 Å². The fourth-order valence-corrected chi connectivity index (χ4v) is 2.45. The molecule has 0 saturated carbocycles. The summed E-state index contributed by atoms with van der Waals surface area (Å²) in [5, 5.41) is 39.1. The molecule has 0 amide bonds. The number of phenolic OH excluding ortho intramolecular Hbond substituents is 1. The highest BCUT2D eigenvalue weighted by atomic mass is 16.7. The van der Waals surface area contributed by atoms with E-state index in [0.29, 0.717) is 0 Å². The lowest BCUT2D eigenvalue weighted by atomic mass is 10.00. The number of aliphatic hydroxyl groups excluding tert-OH is 3. The third kappa shape index (κ3) is 4.02. The lowest BCUT2D eigenvalue weighted by Gasteiger charge is -2.38. The Kier molecular flexibility index (Phi) is 6.20. The number of ether oxygens (including phenoxy) is 4. The predicted molar refractivity (Wildman–Crippen MR) is 83.8 cm³/mol. The quantitative estimate of drug-likeness (QED) is 0.493. The van der Waals surface area contributed by atoms with Crippen molar-refractivity contribution in [3.63, 3.8) is 0 Å². The number of methoxy groups -OCH3 is 2. The highest BCUT2D eigenvalue weighted by molar-refractivity contribution is 5.98. The maximum Gasteiger partial charge on any atom is 0.200 e. The van der Waals surface area contributed by atoms with Gasteiger partial charge >= 0.3 is 0 Å². The minimum Gasteiger partial charge on any atom is -0.502 e. The number of ketones is 1. The maximum absolute atomic E-state index is 12.3. The molecule has 1 aliphatic heterocycles. The van der Waals surface area contributed by atoms with Crippen molar-refractivity contribution in [2.45, 2.75) is 37.6 Å². The number of aliphatic hydroxyl groups is 3.